The van der Waals surface area contributed by atoms with Gasteiger partial charge in [-0.1, -0.05) is 0 Å². The Balaban J connectivity index is 1.93. The van der Waals surface area contributed by atoms with Crippen LogP contribution in [0.5, 0.6) is 0 Å². The van der Waals surface area contributed by atoms with Crippen LogP contribution in [-0.4, -0.2) is 48.9 Å². The van der Waals surface area contributed by atoms with Crippen molar-refractivity contribution >= 4 is 5.91 Å². The molecule has 1 amide bonds. The third-order valence-electron chi connectivity index (χ3n) is 4.01. The number of likely N-dealkylation sites (tertiary alicyclic amines) is 1. The van der Waals surface area contributed by atoms with E-state index in [0.29, 0.717) is 17.4 Å². The highest BCUT2D eigenvalue weighted by molar-refractivity contribution is 5.94. The summed E-state index contributed by atoms with van der Waals surface area (Å²) in [5, 5.41) is 0. The summed E-state index contributed by atoms with van der Waals surface area (Å²) < 4.78 is 5.65. The van der Waals surface area contributed by atoms with Crippen molar-refractivity contribution in [2.75, 3.05) is 27.2 Å². The van der Waals surface area contributed by atoms with Crippen LogP contribution in [0.3, 0.4) is 0 Å². The summed E-state index contributed by atoms with van der Waals surface area (Å²) in [6.45, 7) is 4.65. The number of rotatable bonds is 4. The second-order valence-electron chi connectivity index (χ2n) is 5.63. The fourth-order valence-electron chi connectivity index (χ4n) is 2.74. The van der Waals surface area contributed by atoms with Crippen LogP contribution in [0, 0.1) is 6.92 Å². The number of hydrazine groups is 1. The molecule has 0 bridgehead atoms. The Hall–Kier alpha value is -1.37. The molecule has 112 valence electrons. The van der Waals surface area contributed by atoms with Gasteiger partial charge in [-0.3, -0.25) is 15.1 Å². The second kappa shape index (κ2) is 6.39. The highest BCUT2D eigenvalue weighted by atomic mass is 16.3. The zero-order valence-corrected chi connectivity index (χ0v) is 12.5. The van der Waals surface area contributed by atoms with Crippen molar-refractivity contribution in [3.63, 3.8) is 0 Å². The minimum atomic E-state index is -0.302. The summed E-state index contributed by atoms with van der Waals surface area (Å²) in [6, 6.07) is 2.46. The molecule has 0 unspecified atom stereocenters. The molecule has 6 nitrogen and oxygen atoms in total. The summed E-state index contributed by atoms with van der Waals surface area (Å²) in [6.07, 6.45) is 2.34. The molecule has 6 heteroatoms. The quantitative estimate of drug-likeness (QED) is 0.483. The lowest BCUT2D eigenvalue weighted by molar-refractivity contribution is 0.0952. The summed E-state index contributed by atoms with van der Waals surface area (Å²) in [5.74, 6) is 6.29. The largest absolute Gasteiger partial charge is 0.464 e. The van der Waals surface area contributed by atoms with E-state index >= 15 is 0 Å². The summed E-state index contributed by atoms with van der Waals surface area (Å²) in [7, 11) is 4.27. The van der Waals surface area contributed by atoms with Gasteiger partial charge in [0.15, 0.2) is 0 Å². The lowest BCUT2D eigenvalue weighted by atomic mass is 10.0. The number of aryl methyl sites for hydroxylation is 1. The fraction of sp³-hybridized carbons (Fsp3) is 0.643. The Kier molecular flexibility index (Phi) is 4.80. The van der Waals surface area contributed by atoms with Gasteiger partial charge in [0.25, 0.3) is 5.91 Å². The van der Waals surface area contributed by atoms with E-state index in [-0.39, 0.29) is 5.91 Å². The van der Waals surface area contributed by atoms with E-state index in [9.17, 15) is 4.79 Å². The van der Waals surface area contributed by atoms with Crippen molar-refractivity contribution in [3.05, 3.63) is 23.2 Å². The molecule has 0 aliphatic carbocycles. The number of hydrogen-bond acceptors (Lipinski definition) is 5. The Morgan fingerprint density at radius 3 is 2.70 bits per heavy atom. The smallest absolute Gasteiger partial charge is 0.268 e. The number of carbonyl (C=O) groups excluding carboxylic acids is 1. The highest BCUT2D eigenvalue weighted by Gasteiger charge is 2.22. The Bertz CT molecular complexity index is 462. The maximum atomic E-state index is 11.5. The van der Waals surface area contributed by atoms with Crippen LogP contribution >= 0.6 is 0 Å². The molecule has 0 atom stereocenters. The van der Waals surface area contributed by atoms with Crippen LogP contribution in [0.2, 0.25) is 0 Å². The van der Waals surface area contributed by atoms with E-state index in [0.717, 1.165) is 25.4 Å². The molecule has 1 aliphatic rings. The van der Waals surface area contributed by atoms with Crippen molar-refractivity contribution in [3.8, 4) is 0 Å². The second-order valence-corrected chi connectivity index (χ2v) is 5.63. The molecule has 20 heavy (non-hydrogen) atoms. The lowest BCUT2D eigenvalue weighted by Gasteiger charge is -2.34. The van der Waals surface area contributed by atoms with Crippen molar-refractivity contribution in [1.29, 1.82) is 0 Å². The molecule has 0 spiro atoms. The summed E-state index contributed by atoms with van der Waals surface area (Å²) in [5.41, 5.74) is 2.66. The molecule has 1 aliphatic heterocycles. The third-order valence-corrected chi connectivity index (χ3v) is 4.01. The van der Waals surface area contributed by atoms with E-state index in [2.05, 4.69) is 29.3 Å². The lowest BCUT2D eigenvalue weighted by Crippen LogP contribution is -2.41. The van der Waals surface area contributed by atoms with Gasteiger partial charge in [-0.05, 0) is 39.9 Å². The first kappa shape index (κ1) is 15.0. The fourth-order valence-corrected chi connectivity index (χ4v) is 2.74. The van der Waals surface area contributed by atoms with Crippen LogP contribution in [0.1, 0.15) is 34.7 Å². The van der Waals surface area contributed by atoms with Crippen molar-refractivity contribution in [2.24, 2.45) is 5.84 Å². The normalized spacial score (nSPS) is 17.6. The maximum absolute atomic E-state index is 11.5. The number of carbonyl (C=O) groups is 1. The summed E-state index contributed by atoms with van der Waals surface area (Å²) >= 11 is 0. The number of nitrogens with two attached hydrogens (primary N) is 1. The molecular weight excluding hydrogens is 256 g/mol. The van der Waals surface area contributed by atoms with Gasteiger partial charge in [0.05, 0.1) is 12.1 Å². The number of nitrogens with one attached hydrogen (secondary N) is 1. The van der Waals surface area contributed by atoms with E-state index in [1.165, 1.54) is 12.8 Å². The maximum Gasteiger partial charge on any atom is 0.268 e. The average Bonchev–Trinajstić information content (AvgIpc) is 2.79. The predicted octanol–water partition coefficient (Wildman–Crippen LogP) is 0.718. The molecule has 1 saturated heterocycles. The number of amides is 1. The van der Waals surface area contributed by atoms with Crippen LogP contribution in [0.15, 0.2) is 10.5 Å². The van der Waals surface area contributed by atoms with Crippen molar-refractivity contribution in [1.82, 2.24) is 15.2 Å². The Morgan fingerprint density at radius 1 is 1.50 bits per heavy atom. The third kappa shape index (κ3) is 3.39. The monoisotopic (exact) mass is 280 g/mol. The number of nitrogens with zero attached hydrogens (tertiary/aromatic N) is 2. The number of furan rings is 1. The molecule has 2 rings (SSSR count). The van der Waals surface area contributed by atoms with Gasteiger partial charge in [-0.15, -0.1) is 0 Å². The van der Waals surface area contributed by atoms with E-state index < -0.39 is 0 Å². The first-order valence-electron chi connectivity index (χ1n) is 7.00. The zero-order valence-electron chi connectivity index (χ0n) is 12.5. The standard InChI is InChI=1S/C14H24N4O2/c1-10-13(14(19)16-15)8-12(20-10)9-18-6-4-11(5-7-18)17(2)3/h8,11H,4-7,9,15H2,1-3H3,(H,16,19). The van der Waals surface area contributed by atoms with Crippen molar-refractivity contribution in [2.45, 2.75) is 32.4 Å². The summed E-state index contributed by atoms with van der Waals surface area (Å²) in [4.78, 5) is 16.2. The molecule has 2 heterocycles. The average molecular weight is 280 g/mol. The Morgan fingerprint density at radius 2 is 2.15 bits per heavy atom. The van der Waals surface area contributed by atoms with E-state index in [1.54, 1.807) is 13.0 Å². The van der Waals surface area contributed by atoms with Gasteiger partial charge >= 0.3 is 0 Å². The topological polar surface area (TPSA) is 74.7 Å². The van der Waals surface area contributed by atoms with E-state index in [4.69, 9.17) is 10.3 Å². The SMILES string of the molecule is Cc1oc(CN2CCC(N(C)C)CC2)cc1C(=O)NN. The number of hydrogen-bond donors (Lipinski definition) is 2. The first-order valence-corrected chi connectivity index (χ1v) is 7.00. The van der Waals surface area contributed by atoms with Crippen LogP contribution in [0.4, 0.5) is 0 Å². The van der Waals surface area contributed by atoms with Gasteiger partial charge in [0, 0.05) is 19.1 Å². The molecule has 0 aromatic carbocycles. The van der Waals surface area contributed by atoms with Gasteiger partial charge in [0.1, 0.15) is 11.5 Å². The van der Waals surface area contributed by atoms with Crippen LogP contribution < -0.4 is 11.3 Å². The Labute approximate surface area is 119 Å². The minimum Gasteiger partial charge on any atom is -0.464 e. The number of piperidine rings is 1. The van der Waals surface area contributed by atoms with Gasteiger partial charge in [-0.2, -0.15) is 0 Å². The van der Waals surface area contributed by atoms with Gasteiger partial charge in [-0.25, -0.2) is 5.84 Å². The minimum absolute atomic E-state index is 0.302. The van der Waals surface area contributed by atoms with E-state index in [1.807, 2.05) is 0 Å². The van der Waals surface area contributed by atoms with Gasteiger partial charge < -0.3 is 9.32 Å². The molecule has 0 radical (unpaired) electrons. The van der Waals surface area contributed by atoms with Crippen LogP contribution in [0.25, 0.3) is 0 Å². The molecule has 1 aromatic rings. The molecule has 0 saturated carbocycles. The molecule has 3 N–H and O–H groups in total. The molecule has 1 aromatic heterocycles. The molecular formula is C14H24N4O2. The van der Waals surface area contributed by atoms with Gasteiger partial charge in [0.2, 0.25) is 0 Å². The first-order chi connectivity index (χ1) is 9.51. The highest BCUT2D eigenvalue weighted by Crippen LogP contribution is 2.20. The van der Waals surface area contributed by atoms with Crippen LogP contribution in [-0.2, 0) is 6.54 Å². The molecule has 1 fully saturated rings. The number of nitrogen functional groups attached to an aromatic ring is 1. The zero-order chi connectivity index (χ0) is 14.7. The predicted molar refractivity (Wildman–Crippen MR) is 77.1 cm³/mol. The van der Waals surface area contributed by atoms with Crippen molar-refractivity contribution < 1.29 is 9.21 Å².